The zero-order valence-electron chi connectivity index (χ0n) is 15.6. The lowest BCUT2D eigenvalue weighted by Crippen LogP contribution is -2.36. The standard InChI is InChI=1S/C21H22N2O4S/c1-14(20(25)22-11-9-15-5-3-2-4-6-15)27-21(26)16-7-8-18-17(13-16)23-19(24)10-12-28-18/h2-8,13-14H,9-12H2,1H3,(H,22,25)(H,23,24)/t14-/m0/s1. The fourth-order valence-electron chi connectivity index (χ4n) is 2.75. The molecule has 0 saturated carbocycles. The van der Waals surface area contributed by atoms with E-state index >= 15 is 0 Å². The summed E-state index contributed by atoms with van der Waals surface area (Å²) in [5.74, 6) is -0.328. The van der Waals surface area contributed by atoms with E-state index in [0.717, 1.165) is 10.5 Å². The molecular formula is C21H22N2O4S. The van der Waals surface area contributed by atoms with Crippen LogP contribution in [0, 0.1) is 0 Å². The predicted molar refractivity (Wildman–Crippen MR) is 108 cm³/mol. The molecule has 0 bridgehead atoms. The largest absolute Gasteiger partial charge is 0.449 e. The zero-order chi connectivity index (χ0) is 19.9. The molecule has 0 aromatic heterocycles. The summed E-state index contributed by atoms with van der Waals surface area (Å²) in [6.07, 6.45) is 0.223. The molecule has 0 aliphatic carbocycles. The highest BCUT2D eigenvalue weighted by Crippen LogP contribution is 2.31. The monoisotopic (exact) mass is 398 g/mol. The van der Waals surface area contributed by atoms with Crippen molar-refractivity contribution in [2.75, 3.05) is 17.6 Å². The number of esters is 1. The molecule has 2 aromatic rings. The van der Waals surface area contributed by atoms with E-state index in [-0.39, 0.29) is 11.8 Å². The summed E-state index contributed by atoms with van der Waals surface area (Å²) in [5, 5.41) is 5.57. The van der Waals surface area contributed by atoms with Crippen LogP contribution in [0.2, 0.25) is 0 Å². The van der Waals surface area contributed by atoms with Crippen molar-refractivity contribution in [2.24, 2.45) is 0 Å². The van der Waals surface area contributed by atoms with Crippen LogP contribution in [0.5, 0.6) is 0 Å². The van der Waals surface area contributed by atoms with Crippen molar-refractivity contribution in [3.63, 3.8) is 0 Å². The minimum Gasteiger partial charge on any atom is -0.449 e. The van der Waals surface area contributed by atoms with Gasteiger partial charge in [0.25, 0.3) is 5.91 Å². The van der Waals surface area contributed by atoms with E-state index in [1.165, 1.54) is 6.92 Å². The van der Waals surface area contributed by atoms with Gasteiger partial charge in [-0.3, -0.25) is 9.59 Å². The number of thioether (sulfide) groups is 1. The van der Waals surface area contributed by atoms with E-state index in [4.69, 9.17) is 4.74 Å². The number of rotatable bonds is 6. The van der Waals surface area contributed by atoms with Crippen LogP contribution in [0.1, 0.15) is 29.3 Å². The Kier molecular flexibility index (Phi) is 6.71. The Bertz CT molecular complexity index is 870. The maximum absolute atomic E-state index is 12.4. The van der Waals surface area contributed by atoms with Crippen LogP contribution in [0.15, 0.2) is 53.4 Å². The van der Waals surface area contributed by atoms with Gasteiger partial charge in [0.1, 0.15) is 0 Å². The van der Waals surface area contributed by atoms with Gasteiger partial charge in [0.2, 0.25) is 5.91 Å². The van der Waals surface area contributed by atoms with Crippen molar-refractivity contribution in [1.29, 1.82) is 0 Å². The van der Waals surface area contributed by atoms with E-state index in [0.29, 0.717) is 36.4 Å². The van der Waals surface area contributed by atoms with Crippen molar-refractivity contribution in [3.05, 3.63) is 59.7 Å². The highest BCUT2D eigenvalue weighted by molar-refractivity contribution is 7.99. The molecular weight excluding hydrogens is 376 g/mol. The highest BCUT2D eigenvalue weighted by atomic mass is 32.2. The predicted octanol–water partition coefficient (Wildman–Crippen LogP) is 3.03. The maximum Gasteiger partial charge on any atom is 0.338 e. The van der Waals surface area contributed by atoms with Gasteiger partial charge < -0.3 is 15.4 Å². The first kappa shape index (κ1) is 19.9. The van der Waals surface area contributed by atoms with Gasteiger partial charge in [-0.05, 0) is 37.1 Å². The SMILES string of the molecule is C[C@H](OC(=O)c1ccc2c(c1)NC(=O)CCS2)C(=O)NCCc1ccccc1. The van der Waals surface area contributed by atoms with Gasteiger partial charge in [-0.25, -0.2) is 4.79 Å². The van der Waals surface area contributed by atoms with Crippen LogP contribution in [-0.2, 0) is 20.7 Å². The van der Waals surface area contributed by atoms with E-state index in [1.54, 1.807) is 30.0 Å². The number of hydrogen-bond donors (Lipinski definition) is 2. The van der Waals surface area contributed by atoms with Crippen molar-refractivity contribution >= 4 is 35.2 Å². The minimum atomic E-state index is -0.911. The smallest absolute Gasteiger partial charge is 0.338 e. The molecule has 0 spiro atoms. The van der Waals surface area contributed by atoms with Gasteiger partial charge in [0.15, 0.2) is 6.10 Å². The second-order valence-electron chi connectivity index (χ2n) is 6.43. The second kappa shape index (κ2) is 9.41. The summed E-state index contributed by atoms with van der Waals surface area (Å²) < 4.78 is 5.28. The number of carbonyl (C=O) groups excluding carboxylic acids is 3. The van der Waals surface area contributed by atoms with Gasteiger partial charge >= 0.3 is 5.97 Å². The van der Waals surface area contributed by atoms with Crippen LogP contribution in [0.3, 0.4) is 0 Å². The number of amides is 2. The molecule has 3 rings (SSSR count). The van der Waals surface area contributed by atoms with Crippen molar-refractivity contribution in [1.82, 2.24) is 5.32 Å². The molecule has 7 heteroatoms. The summed E-state index contributed by atoms with van der Waals surface area (Å²) in [6.45, 7) is 2.00. The van der Waals surface area contributed by atoms with Crippen LogP contribution in [0.25, 0.3) is 0 Å². The quantitative estimate of drug-likeness (QED) is 0.731. The normalized spacial score (nSPS) is 14.2. The van der Waals surface area contributed by atoms with Crippen molar-refractivity contribution in [3.8, 4) is 0 Å². The Morgan fingerprint density at radius 2 is 2.00 bits per heavy atom. The van der Waals surface area contributed by atoms with Gasteiger partial charge in [0.05, 0.1) is 11.3 Å². The molecule has 146 valence electrons. The molecule has 2 amide bonds. The van der Waals surface area contributed by atoms with Gasteiger partial charge in [-0.1, -0.05) is 30.3 Å². The summed E-state index contributed by atoms with van der Waals surface area (Å²) in [4.78, 5) is 37.2. The first-order chi connectivity index (χ1) is 13.5. The lowest BCUT2D eigenvalue weighted by atomic mass is 10.1. The molecule has 28 heavy (non-hydrogen) atoms. The van der Waals surface area contributed by atoms with Crippen LogP contribution in [-0.4, -0.2) is 36.2 Å². The molecule has 1 aliphatic heterocycles. The number of ether oxygens (including phenoxy) is 1. The molecule has 1 heterocycles. The van der Waals surface area contributed by atoms with E-state index in [2.05, 4.69) is 10.6 Å². The Hall–Kier alpha value is -2.80. The first-order valence-electron chi connectivity index (χ1n) is 9.12. The molecule has 1 atom stereocenters. The summed E-state index contributed by atoms with van der Waals surface area (Å²) in [7, 11) is 0. The van der Waals surface area contributed by atoms with Gasteiger partial charge in [-0.15, -0.1) is 11.8 Å². The summed E-state index contributed by atoms with van der Waals surface area (Å²) >= 11 is 1.56. The van der Waals surface area contributed by atoms with E-state index < -0.39 is 12.1 Å². The Labute approximate surface area is 168 Å². The van der Waals surface area contributed by atoms with Crippen molar-refractivity contribution < 1.29 is 19.1 Å². The number of nitrogens with one attached hydrogen (secondary N) is 2. The fourth-order valence-corrected chi connectivity index (χ4v) is 3.68. The molecule has 0 unspecified atom stereocenters. The third-order valence-electron chi connectivity index (χ3n) is 4.28. The number of anilines is 1. The van der Waals surface area contributed by atoms with E-state index in [1.807, 2.05) is 30.3 Å². The van der Waals surface area contributed by atoms with Crippen molar-refractivity contribution in [2.45, 2.75) is 30.8 Å². The molecule has 0 fully saturated rings. The number of fused-ring (bicyclic) bond motifs is 1. The average Bonchev–Trinajstić information content (AvgIpc) is 2.88. The van der Waals surface area contributed by atoms with Crippen LogP contribution < -0.4 is 10.6 Å². The Morgan fingerprint density at radius 1 is 1.21 bits per heavy atom. The minimum absolute atomic E-state index is 0.0806. The third kappa shape index (κ3) is 5.36. The highest BCUT2D eigenvalue weighted by Gasteiger charge is 2.21. The molecule has 0 radical (unpaired) electrons. The Balaban J connectivity index is 1.53. The Morgan fingerprint density at radius 3 is 2.79 bits per heavy atom. The molecule has 0 saturated heterocycles. The summed E-state index contributed by atoms with van der Waals surface area (Å²) in [5.41, 5.74) is 2.02. The van der Waals surface area contributed by atoms with Gasteiger partial charge in [0, 0.05) is 23.6 Å². The average molecular weight is 398 g/mol. The topological polar surface area (TPSA) is 84.5 Å². The van der Waals surface area contributed by atoms with Crippen LogP contribution in [0.4, 0.5) is 5.69 Å². The fraction of sp³-hybridized carbons (Fsp3) is 0.286. The molecule has 2 N–H and O–H groups in total. The third-order valence-corrected chi connectivity index (χ3v) is 5.36. The second-order valence-corrected chi connectivity index (χ2v) is 7.57. The number of benzene rings is 2. The van der Waals surface area contributed by atoms with Crippen LogP contribution >= 0.6 is 11.8 Å². The lowest BCUT2D eigenvalue weighted by Gasteiger charge is -2.14. The maximum atomic E-state index is 12.4. The zero-order valence-corrected chi connectivity index (χ0v) is 16.4. The summed E-state index contributed by atoms with van der Waals surface area (Å²) in [6, 6.07) is 14.8. The number of carbonyl (C=O) groups is 3. The molecule has 1 aliphatic rings. The lowest BCUT2D eigenvalue weighted by molar-refractivity contribution is -0.129. The molecule has 6 nitrogen and oxygen atoms in total. The van der Waals surface area contributed by atoms with Gasteiger partial charge in [-0.2, -0.15) is 0 Å². The molecule has 2 aromatic carbocycles. The van der Waals surface area contributed by atoms with E-state index in [9.17, 15) is 14.4 Å². The first-order valence-corrected chi connectivity index (χ1v) is 10.1. The number of hydrogen-bond acceptors (Lipinski definition) is 5.